The van der Waals surface area contributed by atoms with E-state index >= 15 is 0 Å². The number of H-pyrrole nitrogens is 1. The average molecular weight is 367 g/mol. The van der Waals surface area contributed by atoms with Gasteiger partial charge in [-0.25, -0.2) is 9.67 Å². The summed E-state index contributed by atoms with van der Waals surface area (Å²) in [4.78, 5) is 7.27. The first kappa shape index (κ1) is 16.8. The SMILES string of the molecule is N#CCc1cc(C(F)(F)F)ccc1-n1cc(-c2ccnc3[nH]ccc23)cn1. The zero-order valence-electron chi connectivity index (χ0n) is 13.8. The van der Waals surface area contributed by atoms with Crippen molar-refractivity contribution in [2.75, 3.05) is 0 Å². The van der Waals surface area contributed by atoms with Crippen LogP contribution in [-0.4, -0.2) is 19.7 Å². The first-order chi connectivity index (χ1) is 13.0. The molecule has 3 heterocycles. The fourth-order valence-electron chi connectivity index (χ4n) is 3.02. The largest absolute Gasteiger partial charge is 0.416 e. The summed E-state index contributed by atoms with van der Waals surface area (Å²) in [7, 11) is 0. The maximum absolute atomic E-state index is 13.0. The predicted octanol–water partition coefficient (Wildman–Crippen LogP) is 4.50. The number of aromatic nitrogens is 4. The topological polar surface area (TPSA) is 70.3 Å². The van der Waals surface area contributed by atoms with Crippen LogP contribution in [0.15, 0.2) is 55.1 Å². The Morgan fingerprint density at radius 1 is 1.19 bits per heavy atom. The molecular weight excluding hydrogens is 355 g/mol. The lowest BCUT2D eigenvalue weighted by molar-refractivity contribution is -0.137. The molecular formula is C19H12F3N5. The van der Waals surface area contributed by atoms with Gasteiger partial charge < -0.3 is 4.98 Å². The molecule has 27 heavy (non-hydrogen) atoms. The highest BCUT2D eigenvalue weighted by atomic mass is 19.4. The molecule has 4 aromatic rings. The minimum Gasteiger partial charge on any atom is -0.346 e. The van der Waals surface area contributed by atoms with Crippen LogP contribution >= 0.6 is 0 Å². The Morgan fingerprint density at radius 2 is 2.04 bits per heavy atom. The van der Waals surface area contributed by atoms with Crippen molar-refractivity contribution >= 4 is 11.0 Å². The zero-order valence-corrected chi connectivity index (χ0v) is 13.8. The van der Waals surface area contributed by atoms with Crippen molar-refractivity contribution in [1.29, 1.82) is 5.26 Å². The van der Waals surface area contributed by atoms with Crippen LogP contribution in [0.25, 0.3) is 27.8 Å². The number of halogens is 3. The first-order valence-electron chi connectivity index (χ1n) is 8.02. The van der Waals surface area contributed by atoms with Gasteiger partial charge >= 0.3 is 6.18 Å². The van der Waals surface area contributed by atoms with Crippen LogP contribution in [0, 0.1) is 11.3 Å². The Kier molecular flexibility index (Phi) is 3.92. The molecule has 134 valence electrons. The third-order valence-corrected chi connectivity index (χ3v) is 4.28. The summed E-state index contributed by atoms with van der Waals surface area (Å²) in [6, 6.07) is 8.99. The van der Waals surface area contributed by atoms with Gasteiger partial charge in [-0.1, -0.05) is 0 Å². The minimum atomic E-state index is -4.46. The van der Waals surface area contributed by atoms with Gasteiger partial charge in [0.2, 0.25) is 0 Å². The smallest absolute Gasteiger partial charge is 0.346 e. The van der Waals surface area contributed by atoms with Crippen molar-refractivity contribution in [3.05, 3.63) is 66.2 Å². The molecule has 5 nitrogen and oxygen atoms in total. The standard InChI is InChI=1S/C19H12F3N5/c20-19(21,22)14-1-2-17(12(9-14)3-6-23)27-11-13(10-26-27)15-4-7-24-18-16(15)5-8-25-18/h1-2,4-5,7-11H,3H2,(H,24,25). The number of fused-ring (bicyclic) bond motifs is 1. The van der Waals surface area contributed by atoms with Gasteiger partial charge in [-0.3, -0.25) is 0 Å². The van der Waals surface area contributed by atoms with Gasteiger partial charge in [-0.15, -0.1) is 0 Å². The summed E-state index contributed by atoms with van der Waals surface area (Å²) >= 11 is 0. The van der Waals surface area contributed by atoms with Gasteiger partial charge in [0, 0.05) is 29.5 Å². The summed E-state index contributed by atoms with van der Waals surface area (Å²) < 4.78 is 40.4. The summed E-state index contributed by atoms with van der Waals surface area (Å²) in [6.07, 6.45) is 2.21. The van der Waals surface area contributed by atoms with Crippen molar-refractivity contribution in [3.8, 4) is 22.9 Å². The number of nitriles is 1. The fourth-order valence-corrected chi connectivity index (χ4v) is 3.02. The number of pyridine rings is 1. The van der Waals surface area contributed by atoms with E-state index < -0.39 is 11.7 Å². The molecule has 0 amide bonds. The highest BCUT2D eigenvalue weighted by Gasteiger charge is 2.31. The molecule has 0 aliphatic rings. The summed E-state index contributed by atoms with van der Waals surface area (Å²) in [5.41, 5.74) is 2.36. The van der Waals surface area contributed by atoms with Crippen LogP contribution in [0.4, 0.5) is 13.2 Å². The van der Waals surface area contributed by atoms with Gasteiger partial charge in [-0.2, -0.15) is 23.5 Å². The Bertz CT molecular complexity index is 1160. The second-order valence-corrected chi connectivity index (χ2v) is 5.95. The lowest BCUT2D eigenvalue weighted by atomic mass is 10.1. The Morgan fingerprint density at radius 3 is 2.81 bits per heavy atom. The van der Waals surface area contributed by atoms with Gasteiger partial charge in [0.05, 0.1) is 29.9 Å². The first-order valence-corrected chi connectivity index (χ1v) is 8.02. The Balaban J connectivity index is 1.79. The van der Waals surface area contributed by atoms with E-state index in [2.05, 4.69) is 15.1 Å². The van der Waals surface area contributed by atoms with Gasteiger partial charge in [-0.05, 0) is 41.5 Å². The minimum absolute atomic E-state index is 0.147. The zero-order chi connectivity index (χ0) is 19.0. The predicted molar refractivity (Wildman–Crippen MR) is 93.0 cm³/mol. The Hall–Kier alpha value is -3.60. The quantitative estimate of drug-likeness (QED) is 0.580. The third kappa shape index (κ3) is 3.04. The van der Waals surface area contributed by atoms with E-state index in [1.54, 1.807) is 24.8 Å². The molecule has 4 rings (SSSR count). The molecule has 0 saturated carbocycles. The van der Waals surface area contributed by atoms with Crippen molar-refractivity contribution in [3.63, 3.8) is 0 Å². The average Bonchev–Trinajstić information content (AvgIpc) is 3.30. The highest BCUT2D eigenvalue weighted by molar-refractivity contribution is 5.92. The number of rotatable bonds is 3. The number of aromatic amines is 1. The molecule has 1 aromatic carbocycles. The fraction of sp³-hybridized carbons (Fsp3) is 0.105. The lowest BCUT2D eigenvalue weighted by Crippen LogP contribution is -2.08. The highest BCUT2D eigenvalue weighted by Crippen LogP contribution is 2.32. The van der Waals surface area contributed by atoms with Crippen molar-refractivity contribution in [2.24, 2.45) is 0 Å². The molecule has 3 aromatic heterocycles. The molecule has 8 heteroatoms. The van der Waals surface area contributed by atoms with Gasteiger partial charge in [0.25, 0.3) is 0 Å². The third-order valence-electron chi connectivity index (χ3n) is 4.28. The summed E-state index contributed by atoms with van der Waals surface area (Å²) in [5, 5.41) is 14.2. The van der Waals surface area contributed by atoms with Crippen LogP contribution in [0.3, 0.4) is 0 Å². The molecule has 0 unspecified atom stereocenters. The molecule has 0 spiro atoms. The Labute approximate surface area is 151 Å². The van der Waals surface area contributed by atoms with E-state index in [0.717, 1.165) is 34.3 Å². The van der Waals surface area contributed by atoms with Crippen LogP contribution in [0.1, 0.15) is 11.1 Å². The number of hydrogen-bond acceptors (Lipinski definition) is 3. The maximum Gasteiger partial charge on any atom is 0.416 e. The summed E-state index contributed by atoms with van der Waals surface area (Å²) in [5.74, 6) is 0. The molecule has 0 fully saturated rings. The number of hydrogen-bond donors (Lipinski definition) is 1. The van der Waals surface area contributed by atoms with Gasteiger partial charge in [0.15, 0.2) is 0 Å². The maximum atomic E-state index is 13.0. The van der Waals surface area contributed by atoms with E-state index in [0.29, 0.717) is 5.69 Å². The van der Waals surface area contributed by atoms with Gasteiger partial charge in [0.1, 0.15) is 5.65 Å². The lowest BCUT2D eigenvalue weighted by Gasteiger charge is -2.12. The summed E-state index contributed by atoms with van der Waals surface area (Å²) in [6.45, 7) is 0. The second-order valence-electron chi connectivity index (χ2n) is 5.95. The second kappa shape index (κ2) is 6.29. The van der Waals surface area contributed by atoms with E-state index in [-0.39, 0.29) is 12.0 Å². The van der Waals surface area contributed by atoms with E-state index in [4.69, 9.17) is 5.26 Å². The van der Waals surface area contributed by atoms with Crippen molar-refractivity contribution in [2.45, 2.75) is 12.6 Å². The van der Waals surface area contributed by atoms with E-state index in [9.17, 15) is 13.2 Å². The normalized spacial score (nSPS) is 11.6. The molecule has 0 aliphatic heterocycles. The number of alkyl halides is 3. The molecule has 0 saturated heterocycles. The van der Waals surface area contributed by atoms with Crippen molar-refractivity contribution < 1.29 is 13.2 Å². The molecule has 0 radical (unpaired) electrons. The van der Waals surface area contributed by atoms with Crippen molar-refractivity contribution in [1.82, 2.24) is 19.7 Å². The monoisotopic (exact) mass is 367 g/mol. The van der Waals surface area contributed by atoms with Crippen LogP contribution < -0.4 is 0 Å². The van der Waals surface area contributed by atoms with Crippen LogP contribution in [0.5, 0.6) is 0 Å². The molecule has 0 atom stereocenters. The van der Waals surface area contributed by atoms with Crippen LogP contribution in [0.2, 0.25) is 0 Å². The molecule has 1 N–H and O–H groups in total. The number of nitrogens with one attached hydrogen (secondary N) is 1. The van der Waals surface area contributed by atoms with E-state index in [1.807, 2.05) is 18.2 Å². The number of nitrogens with zero attached hydrogens (tertiary/aromatic N) is 4. The molecule has 0 bridgehead atoms. The van der Waals surface area contributed by atoms with Crippen LogP contribution in [-0.2, 0) is 12.6 Å². The number of benzene rings is 1. The molecule has 0 aliphatic carbocycles. The van der Waals surface area contributed by atoms with E-state index in [1.165, 1.54) is 10.7 Å².